The molecule has 1 aliphatic rings. The van der Waals surface area contributed by atoms with Crippen molar-refractivity contribution in [3.63, 3.8) is 0 Å². The van der Waals surface area contributed by atoms with Crippen LogP contribution in [0.2, 0.25) is 0 Å². The van der Waals surface area contributed by atoms with Crippen molar-refractivity contribution in [2.45, 2.75) is 58.4 Å². The highest BCUT2D eigenvalue weighted by Crippen LogP contribution is 2.30. The molecule has 3 atom stereocenters. The van der Waals surface area contributed by atoms with E-state index in [0.29, 0.717) is 6.04 Å². The zero-order valence-corrected chi connectivity index (χ0v) is 11.3. The maximum absolute atomic E-state index is 5.19. The van der Waals surface area contributed by atoms with Crippen LogP contribution in [0.25, 0.3) is 0 Å². The molecule has 1 fully saturated rings. The maximum atomic E-state index is 5.19. The van der Waals surface area contributed by atoms with E-state index in [9.17, 15) is 0 Å². The lowest BCUT2D eigenvalue weighted by atomic mass is 9.81. The van der Waals surface area contributed by atoms with E-state index >= 15 is 0 Å². The maximum Gasteiger partial charge on any atom is 0.0615 e. The van der Waals surface area contributed by atoms with Gasteiger partial charge in [-0.3, -0.25) is 0 Å². The van der Waals surface area contributed by atoms with Crippen LogP contribution in [0.5, 0.6) is 0 Å². The molecular weight excluding hydrogens is 198 g/mol. The third-order valence-electron chi connectivity index (χ3n) is 3.89. The van der Waals surface area contributed by atoms with Gasteiger partial charge in [0, 0.05) is 13.2 Å². The summed E-state index contributed by atoms with van der Waals surface area (Å²) in [7, 11) is 1.78. The van der Waals surface area contributed by atoms with Gasteiger partial charge in [-0.15, -0.1) is 0 Å². The van der Waals surface area contributed by atoms with Gasteiger partial charge in [-0.2, -0.15) is 0 Å². The molecule has 0 aromatic rings. The first-order valence-corrected chi connectivity index (χ1v) is 6.98. The highest BCUT2D eigenvalue weighted by molar-refractivity contribution is 4.72. The van der Waals surface area contributed by atoms with Gasteiger partial charge in [-0.1, -0.05) is 33.1 Å². The van der Waals surface area contributed by atoms with Crippen LogP contribution in [0.1, 0.15) is 52.4 Å². The molecule has 1 rings (SSSR count). The fourth-order valence-corrected chi connectivity index (χ4v) is 2.84. The first-order valence-electron chi connectivity index (χ1n) is 6.98. The molecule has 0 radical (unpaired) electrons. The van der Waals surface area contributed by atoms with Crippen LogP contribution in [0.15, 0.2) is 0 Å². The summed E-state index contributed by atoms with van der Waals surface area (Å²) in [4.78, 5) is 0. The zero-order valence-electron chi connectivity index (χ0n) is 11.3. The number of hydrogen-bond donors (Lipinski definition) is 1. The largest absolute Gasteiger partial charge is 0.383 e. The molecule has 0 aliphatic heterocycles. The molecule has 1 saturated carbocycles. The number of hydrogen-bond acceptors (Lipinski definition) is 2. The van der Waals surface area contributed by atoms with Crippen molar-refractivity contribution in [2.75, 3.05) is 20.3 Å². The summed E-state index contributed by atoms with van der Waals surface area (Å²) in [6, 6.07) is 0.547. The van der Waals surface area contributed by atoms with E-state index in [-0.39, 0.29) is 0 Å². The molecule has 3 unspecified atom stereocenters. The smallest absolute Gasteiger partial charge is 0.0615 e. The second-order valence-corrected chi connectivity index (χ2v) is 5.44. The Labute approximate surface area is 101 Å². The lowest BCUT2D eigenvalue weighted by Crippen LogP contribution is -2.34. The van der Waals surface area contributed by atoms with E-state index < -0.39 is 0 Å². The summed E-state index contributed by atoms with van der Waals surface area (Å²) < 4.78 is 5.19. The fraction of sp³-hybridized carbons (Fsp3) is 1.00. The molecule has 1 N–H and O–H groups in total. The summed E-state index contributed by atoms with van der Waals surface area (Å²) >= 11 is 0. The quantitative estimate of drug-likeness (QED) is 0.721. The average Bonchev–Trinajstić information content (AvgIpc) is 2.28. The van der Waals surface area contributed by atoms with Gasteiger partial charge in [0.1, 0.15) is 0 Å². The Morgan fingerprint density at radius 2 is 2.19 bits per heavy atom. The molecule has 0 heterocycles. The van der Waals surface area contributed by atoms with Crippen molar-refractivity contribution in [1.82, 2.24) is 5.32 Å². The van der Waals surface area contributed by atoms with Crippen molar-refractivity contribution in [3.05, 3.63) is 0 Å². The predicted molar refractivity (Wildman–Crippen MR) is 69.7 cm³/mol. The molecule has 96 valence electrons. The van der Waals surface area contributed by atoms with Crippen LogP contribution in [0.3, 0.4) is 0 Å². The Hall–Kier alpha value is -0.0800. The minimum atomic E-state index is 0.547. The van der Waals surface area contributed by atoms with E-state index in [0.717, 1.165) is 24.9 Å². The minimum absolute atomic E-state index is 0.547. The van der Waals surface area contributed by atoms with Crippen LogP contribution in [-0.2, 0) is 4.74 Å². The first kappa shape index (κ1) is 14.0. The SMILES string of the molecule is CCC(COC)NCCC1CCCC(C)C1. The normalized spacial score (nSPS) is 27.9. The molecular formula is C14H29NO. The molecule has 2 heteroatoms. The number of rotatable bonds is 7. The van der Waals surface area contributed by atoms with Crippen LogP contribution in [-0.4, -0.2) is 26.3 Å². The Morgan fingerprint density at radius 3 is 2.81 bits per heavy atom. The van der Waals surface area contributed by atoms with E-state index in [2.05, 4.69) is 19.2 Å². The summed E-state index contributed by atoms with van der Waals surface area (Å²) in [5, 5.41) is 3.61. The van der Waals surface area contributed by atoms with Crippen molar-refractivity contribution in [3.8, 4) is 0 Å². The van der Waals surface area contributed by atoms with Gasteiger partial charge in [0.15, 0.2) is 0 Å². The molecule has 16 heavy (non-hydrogen) atoms. The zero-order chi connectivity index (χ0) is 11.8. The van der Waals surface area contributed by atoms with Crippen molar-refractivity contribution >= 4 is 0 Å². The van der Waals surface area contributed by atoms with E-state index in [4.69, 9.17) is 4.74 Å². The van der Waals surface area contributed by atoms with Crippen LogP contribution in [0.4, 0.5) is 0 Å². The topological polar surface area (TPSA) is 21.3 Å². The van der Waals surface area contributed by atoms with E-state index in [1.807, 2.05) is 0 Å². The molecule has 0 bridgehead atoms. The molecule has 0 amide bonds. The third kappa shape index (κ3) is 5.31. The van der Waals surface area contributed by atoms with Crippen LogP contribution >= 0.6 is 0 Å². The van der Waals surface area contributed by atoms with E-state index in [1.165, 1.54) is 38.6 Å². The number of nitrogens with one attached hydrogen (secondary N) is 1. The molecule has 0 spiro atoms. The Balaban J connectivity index is 2.09. The van der Waals surface area contributed by atoms with Gasteiger partial charge in [0.25, 0.3) is 0 Å². The first-order chi connectivity index (χ1) is 7.76. The van der Waals surface area contributed by atoms with Crippen LogP contribution in [0, 0.1) is 11.8 Å². The third-order valence-corrected chi connectivity index (χ3v) is 3.89. The van der Waals surface area contributed by atoms with Crippen molar-refractivity contribution in [2.24, 2.45) is 11.8 Å². The summed E-state index contributed by atoms with van der Waals surface area (Å²) in [6.45, 7) is 6.63. The molecule has 0 aromatic carbocycles. The van der Waals surface area contributed by atoms with Gasteiger partial charge in [-0.25, -0.2) is 0 Å². The number of methoxy groups -OCH3 is 1. The lowest BCUT2D eigenvalue weighted by molar-refractivity contribution is 0.162. The van der Waals surface area contributed by atoms with Gasteiger partial charge in [0.05, 0.1) is 6.61 Å². The van der Waals surface area contributed by atoms with Crippen molar-refractivity contribution in [1.29, 1.82) is 0 Å². The highest BCUT2D eigenvalue weighted by Gasteiger charge is 2.18. The summed E-state index contributed by atoms with van der Waals surface area (Å²) in [6.07, 6.45) is 8.31. The van der Waals surface area contributed by atoms with Crippen LogP contribution < -0.4 is 5.32 Å². The summed E-state index contributed by atoms with van der Waals surface area (Å²) in [5.41, 5.74) is 0. The number of ether oxygens (including phenoxy) is 1. The van der Waals surface area contributed by atoms with Gasteiger partial charge < -0.3 is 10.1 Å². The molecule has 0 saturated heterocycles. The summed E-state index contributed by atoms with van der Waals surface area (Å²) in [5.74, 6) is 1.93. The average molecular weight is 227 g/mol. The monoisotopic (exact) mass is 227 g/mol. The molecule has 1 aliphatic carbocycles. The second kappa shape index (κ2) is 8.08. The fourth-order valence-electron chi connectivity index (χ4n) is 2.84. The van der Waals surface area contributed by atoms with Gasteiger partial charge in [0.2, 0.25) is 0 Å². The highest BCUT2D eigenvalue weighted by atomic mass is 16.5. The van der Waals surface area contributed by atoms with Gasteiger partial charge in [-0.05, 0) is 37.6 Å². The van der Waals surface area contributed by atoms with Gasteiger partial charge >= 0.3 is 0 Å². The molecule has 0 aromatic heterocycles. The van der Waals surface area contributed by atoms with E-state index in [1.54, 1.807) is 7.11 Å². The lowest BCUT2D eigenvalue weighted by Gasteiger charge is -2.27. The predicted octanol–water partition coefficient (Wildman–Crippen LogP) is 3.22. The molecule has 2 nitrogen and oxygen atoms in total. The second-order valence-electron chi connectivity index (χ2n) is 5.44. The standard InChI is InChI=1S/C14H29NO/c1-4-14(11-16-3)15-9-8-13-7-5-6-12(2)10-13/h12-15H,4-11H2,1-3H3. The Kier molecular flexibility index (Phi) is 7.06. The Morgan fingerprint density at radius 1 is 1.38 bits per heavy atom. The van der Waals surface area contributed by atoms with Crippen molar-refractivity contribution < 1.29 is 4.74 Å². The Bertz CT molecular complexity index is 172. The minimum Gasteiger partial charge on any atom is -0.383 e.